The van der Waals surface area contributed by atoms with Crippen molar-refractivity contribution in [1.82, 2.24) is 0 Å². The molecular weight excluding hydrogens is 302 g/mol. The number of nitrogen functional groups attached to an aromatic ring is 1. The van der Waals surface area contributed by atoms with Crippen LogP contribution in [0.15, 0.2) is 16.6 Å². The van der Waals surface area contributed by atoms with E-state index in [2.05, 4.69) is 22.9 Å². The van der Waals surface area contributed by atoms with Crippen LogP contribution in [0.5, 0.6) is 5.75 Å². The molecule has 0 atom stereocenters. The number of unbranched alkanes of at least 4 members (excludes halogenated alkanes) is 4. The van der Waals surface area contributed by atoms with Gasteiger partial charge in [-0.25, -0.2) is 0 Å². The van der Waals surface area contributed by atoms with E-state index in [4.69, 9.17) is 22.1 Å². The van der Waals surface area contributed by atoms with Gasteiger partial charge in [0.15, 0.2) is 5.75 Å². The van der Waals surface area contributed by atoms with Gasteiger partial charge >= 0.3 is 0 Å². The van der Waals surface area contributed by atoms with Crippen LogP contribution in [0.2, 0.25) is 5.02 Å². The van der Waals surface area contributed by atoms with Crippen molar-refractivity contribution >= 4 is 33.2 Å². The highest BCUT2D eigenvalue weighted by atomic mass is 79.9. The third kappa shape index (κ3) is 5.17. The third-order valence-electron chi connectivity index (χ3n) is 2.53. The van der Waals surface area contributed by atoms with Crippen LogP contribution in [0.3, 0.4) is 0 Å². The highest BCUT2D eigenvalue weighted by molar-refractivity contribution is 9.10. The molecule has 0 aliphatic heterocycles. The molecule has 1 aromatic rings. The number of halogens is 2. The fourth-order valence-corrected chi connectivity index (χ4v) is 2.56. The van der Waals surface area contributed by atoms with E-state index < -0.39 is 0 Å². The number of benzene rings is 1. The SMILES string of the molecule is CCCCCCCOc1c(N)cc(Cl)cc1Br. The number of ether oxygens (including phenoxy) is 1. The molecule has 0 bridgehead atoms. The topological polar surface area (TPSA) is 35.2 Å². The minimum absolute atomic E-state index is 0.581. The van der Waals surface area contributed by atoms with Crippen molar-refractivity contribution in [2.75, 3.05) is 12.3 Å². The maximum Gasteiger partial charge on any atom is 0.156 e. The fraction of sp³-hybridized carbons (Fsp3) is 0.538. The minimum Gasteiger partial charge on any atom is -0.490 e. The van der Waals surface area contributed by atoms with Crippen LogP contribution >= 0.6 is 27.5 Å². The molecule has 2 N–H and O–H groups in total. The number of rotatable bonds is 7. The molecule has 0 unspecified atom stereocenters. The van der Waals surface area contributed by atoms with Crippen molar-refractivity contribution in [2.45, 2.75) is 39.0 Å². The van der Waals surface area contributed by atoms with Crippen LogP contribution in [0, 0.1) is 0 Å². The Morgan fingerprint density at radius 1 is 1.24 bits per heavy atom. The molecule has 0 amide bonds. The number of anilines is 1. The zero-order chi connectivity index (χ0) is 12.7. The molecule has 0 aliphatic carbocycles. The zero-order valence-electron chi connectivity index (χ0n) is 10.1. The minimum atomic E-state index is 0.581. The lowest BCUT2D eigenvalue weighted by Crippen LogP contribution is -2.01. The van der Waals surface area contributed by atoms with Crippen LogP contribution in [0.4, 0.5) is 5.69 Å². The highest BCUT2D eigenvalue weighted by Crippen LogP contribution is 2.34. The standard InChI is InChI=1S/C13H19BrClNO/c1-2-3-4-5-6-7-17-13-11(14)8-10(15)9-12(13)16/h8-9H,2-7,16H2,1H3. The Kier molecular flexibility index (Phi) is 6.75. The molecule has 0 heterocycles. The molecule has 96 valence electrons. The van der Waals surface area contributed by atoms with Crippen LogP contribution in [0.25, 0.3) is 0 Å². The molecule has 0 radical (unpaired) electrons. The van der Waals surface area contributed by atoms with Crippen molar-refractivity contribution in [3.8, 4) is 5.75 Å². The van der Waals surface area contributed by atoms with Crippen LogP contribution < -0.4 is 10.5 Å². The Morgan fingerprint density at radius 3 is 2.59 bits per heavy atom. The first-order chi connectivity index (χ1) is 8.15. The molecule has 0 aromatic heterocycles. The molecule has 2 nitrogen and oxygen atoms in total. The lowest BCUT2D eigenvalue weighted by molar-refractivity contribution is 0.304. The number of hydrogen-bond acceptors (Lipinski definition) is 2. The van der Waals surface area contributed by atoms with Gasteiger partial charge in [0.1, 0.15) is 0 Å². The van der Waals surface area contributed by atoms with E-state index >= 15 is 0 Å². The van der Waals surface area contributed by atoms with Crippen molar-refractivity contribution in [2.24, 2.45) is 0 Å². The fourth-order valence-electron chi connectivity index (χ4n) is 1.61. The van der Waals surface area contributed by atoms with E-state index in [9.17, 15) is 0 Å². The van der Waals surface area contributed by atoms with E-state index in [1.807, 2.05) is 0 Å². The second kappa shape index (κ2) is 7.83. The lowest BCUT2D eigenvalue weighted by Gasteiger charge is -2.11. The largest absolute Gasteiger partial charge is 0.490 e. The van der Waals surface area contributed by atoms with E-state index in [1.54, 1.807) is 12.1 Å². The smallest absolute Gasteiger partial charge is 0.156 e. The van der Waals surface area contributed by atoms with Gasteiger partial charge in [-0.15, -0.1) is 0 Å². The van der Waals surface area contributed by atoms with Crippen molar-refractivity contribution < 1.29 is 4.74 Å². The summed E-state index contributed by atoms with van der Waals surface area (Å²) in [5.41, 5.74) is 6.43. The van der Waals surface area contributed by atoms with Gasteiger partial charge in [-0.2, -0.15) is 0 Å². The van der Waals surface area contributed by atoms with Gasteiger partial charge in [0.2, 0.25) is 0 Å². The first kappa shape index (κ1) is 14.7. The predicted molar refractivity (Wildman–Crippen MR) is 77.8 cm³/mol. The van der Waals surface area contributed by atoms with E-state index in [0.29, 0.717) is 23.1 Å². The molecule has 0 aliphatic rings. The summed E-state index contributed by atoms with van der Waals surface area (Å²) in [6.45, 7) is 2.91. The summed E-state index contributed by atoms with van der Waals surface area (Å²) in [4.78, 5) is 0. The van der Waals surface area contributed by atoms with Crippen molar-refractivity contribution in [3.63, 3.8) is 0 Å². The van der Waals surface area contributed by atoms with Gasteiger partial charge in [-0.1, -0.05) is 44.2 Å². The molecule has 1 rings (SSSR count). The van der Waals surface area contributed by atoms with E-state index in [-0.39, 0.29) is 0 Å². The van der Waals surface area contributed by atoms with Gasteiger partial charge in [-0.05, 0) is 34.5 Å². The maximum absolute atomic E-state index is 5.88. The number of hydrogen-bond donors (Lipinski definition) is 1. The summed E-state index contributed by atoms with van der Waals surface area (Å²) in [6.07, 6.45) is 6.11. The first-order valence-corrected chi connectivity index (χ1v) is 7.19. The summed E-state index contributed by atoms with van der Waals surface area (Å²) in [5, 5.41) is 0.615. The van der Waals surface area contributed by atoms with Gasteiger partial charge < -0.3 is 10.5 Å². The summed E-state index contributed by atoms with van der Waals surface area (Å²) in [7, 11) is 0. The molecule has 4 heteroatoms. The molecule has 17 heavy (non-hydrogen) atoms. The quantitative estimate of drug-likeness (QED) is 0.564. The number of nitrogens with two attached hydrogens (primary N) is 1. The summed E-state index contributed by atoms with van der Waals surface area (Å²) < 4.78 is 6.49. The van der Waals surface area contributed by atoms with Crippen LogP contribution in [-0.2, 0) is 0 Å². The Morgan fingerprint density at radius 2 is 1.94 bits per heavy atom. The average molecular weight is 321 g/mol. The van der Waals surface area contributed by atoms with Gasteiger partial charge in [0.05, 0.1) is 16.8 Å². The highest BCUT2D eigenvalue weighted by Gasteiger charge is 2.07. The first-order valence-electron chi connectivity index (χ1n) is 6.02. The Balaban J connectivity index is 2.36. The maximum atomic E-state index is 5.88. The summed E-state index contributed by atoms with van der Waals surface area (Å²) in [6, 6.07) is 3.50. The van der Waals surface area contributed by atoms with E-state index in [1.165, 1.54) is 25.7 Å². The summed E-state index contributed by atoms with van der Waals surface area (Å²) in [5.74, 6) is 0.699. The molecule has 0 saturated heterocycles. The summed E-state index contributed by atoms with van der Waals surface area (Å²) >= 11 is 9.28. The predicted octanol–water partition coefficient (Wildman–Crippen LogP) is 5.03. The van der Waals surface area contributed by atoms with Crippen molar-refractivity contribution in [3.05, 3.63) is 21.6 Å². The van der Waals surface area contributed by atoms with Gasteiger partial charge in [0.25, 0.3) is 0 Å². The van der Waals surface area contributed by atoms with Crippen LogP contribution in [-0.4, -0.2) is 6.61 Å². The van der Waals surface area contributed by atoms with Crippen LogP contribution in [0.1, 0.15) is 39.0 Å². The lowest BCUT2D eigenvalue weighted by atomic mass is 10.2. The second-order valence-corrected chi connectivity index (χ2v) is 5.36. The Labute approximate surface area is 117 Å². The molecular formula is C13H19BrClNO. The Hall–Kier alpha value is -0.410. The van der Waals surface area contributed by atoms with Gasteiger partial charge in [0, 0.05) is 5.02 Å². The zero-order valence-corrected chi connectivity index (χ0v) is 12.5. The monoisotopic (exact) mass is 319 g/mol. The third-order valence-corrected chi connectivity index (χ3v) is 3.34. The molecule has 0 fully saturated rings. The average Bonchev–Trinajstić information content (AvgIpc) is 2.26. The molecule has 1 aromatic carbocycles. The molecule has 0 saturated carbocycles. The van der Waals surface area contributed by atoms with E-state index in [0.717, 1.165) is 10.9 Å². The second-order valence-electron chi connectivity index (χ2n) is 4.07. The normalized spacial score (nSPS) is 10.5. The van der Waals surface area contributed by atoms with Gasteiger partial charge in [-0.3, -0.25) is 0 Å². The Bertz CT molecular complexity index is 334. The molecule has 0 spiro atoms. The van der Waals surface area contributed by atoms with Crippen molar-refractivity contribution in [1.29, 1.82) is 0 Å².